The molecule has 0 spiro atoms. The predicted octanol–water partition coefficient (Wildman–Crippen LogP) is 5.38. The fourth-order valence-corrected chi connectivity index (χ4v) is 5.25. The van der Waals surface area contributed by atoms with Crippen molar-refractivity contribution in [1.29, 1.82) is 0 Å². The molecule has 2 N–H and O–H groups in total. The van der Waals surface area contributed by atoms with Gasteiger partial charge in [0.05, 0.1) is 17.8 Å². The SMILES string of the molecule is Cc1cc(C(=O)Nc2cccc(-c3nc(CNC(=O)c4nc5c(s4)CCCC5)c(C)o3)c2)c(C)o1. The van der Waals surface area contributed by atoms with E-state index in [0.717, 1.165) is 36.9 Å². The summed E-state index contributed by atoms with van der Waals surface area (Å²) in [5.74, 6) is 1.87. The molecule has 1 aliphatic carbocycles. The summed E-state index contributed by atoms with van der Waals surface area (Å²) in [5.41, 5.74) is 3.55. The van der Waals surface area contributed by atoms with Gasteiger partial charge in [-0.2, -0.15) is 0 Å². The first-order chi connectivity index (χ1) is 16.9. The number of nitrogens with zero attached hydrogens (tertiary/aromatic N) is 2. The number of thiazole rings is 1. The summed E-state index contributed by atoms with van der Waals surface area (Å²) < 4.78 is 11.3. The van der Waals surface area contributed by atoms with Gasteiger partial charge in [-0.3, -0.25) is 9.59 Å². The molecule has 0 fully saturated rings. The Morgan fingerprint density at radius 1 is 1.00 bits per heavy atom. The first-order valence-corrected chi connectivity index (χ1v) is 12.4. The van der Waals surface area contributed by atoms with Gasteiger partial charge in [-0.25, -0.2) is 9.97 Å². The Bertz CT molecular complexity index is 1390. The third-order valence-electron chi connectivity index (χ3n) is 6.00. The second-order valence-corrected chi connectivity index (χ2v) is 9.75. The molecule has 0 radical (unpaired) electrons. The molecule has 0 bridgehead atoms. The molecule has 0 saturated carbocycles. The highest BCUT2D eigenvalue weighted by Gasteiger charge is 2.20. The van der Waals surface area contributed by atoms with Crippen LogP contribution in [0.15, 0.2) is 39.2 Å². The Hall–Kier alpha value is -3.72. The van der Waals surface area contributed by atoms with E-state index in [1.807, 2.05) is 19.1 Å². The van der Waals surface area contributed by atoms with E-state index in [0.29, 0.717) is 45.1 Å². The highest BCUT2D eigenvalue weighted by Crippen LogP contribution is 2.27. The minimum Gasteiger partial charge on any atom is -0.466 e. The molecule has 9 heteroatoms. The van der Waals surface area contributed by atoms with E-state index in [9.17, 15) is 9.59 Å². The molecule has 1 aromatic carbocycles. The molecule has 0 saturated heterocycles. The second kappa shape index (κ2) is 9.50. The molecule has 2 amide bonds. The average molecular weight is 491 g/mol. The number of hydrogen-bond acceptors (Lipinski definition) is 7. The summed E-state index contributed by atoms with van der Waals surface area (Å²) in [4.78, 5) is 35.6. The van der Waals surface area contributed by atoms with Gasteiger partial charge in [0.1, 0.15) is 23.0 Å². The van der Waals surface area contributed by atoms with Gasteiger partial charge in [0.2, 0.25) is 5.89 Å². The normalized spacial score (nSPS) is 12.9. The van der Waals surface area contributed by atoms with E-state index >= 15 is 0 Å². The van der Waals surface area contributed by atoms with Crippen LogP contribution in [-0.2, 0) is 19.4 Å². The van der Waals surface area contributed by atoms with Gasteiger partial charge in [0, 0.05) is 16.1 Å². The fourth-order valence-electron chi connectivity index (χ4n) is 4.19. The molecule has 1 aliphatic rings. The molecule has 0 aliphatic heterocycles. The molecule has 0 unspecified atom stereocenters. The van der Waals surface area contributed by atoms with Gasteiger partial charge in [0.25, 0.3) is 11.8 Å². The van der Waals surface area contributed by atoms with Gasteiger partial charge in [-0.1, -0.05) is 6.07 Å². The Labute approximate surface area is 206 Å². The molecule has 5 rings (SSSR count). The van der Waals surface area contributed by atoms with Crippen molar-refractivity contribution < 1.29 is 18.4 Å². The Morgan fingerprint density at radius 3 is 2.60 bits per heavy atom. The molecule has 8 nitrogen and oxygen atoms in total. The van der Waals surface area contributed by atoms with E-state index in [-0.39, 0.29) is 18.4 Å². The van der Waals surface area contributed by atoms with E-state index < -0.39 is 0 Å². The minimum atomic E-state index is -0.243. The number of fused-ring (bicyclic) bond motifs is 1. The van der Waals surface area contributed by atoms with Gasteiger partial charge >= 0.3 is 0 Å². The first kappa shape index (κ1) is 23.0. The Kier molecular flexibility index (Phi) is 6.25. The number of rotatable bonds is 6. The van der Waals surface area contributed by atoms with Crippen LogP contribution >= 0.6 is 11.3 Å². The number of hydrogen-bond donors (Lipinski definition) is 2. The number of amides is 2. The third-order valence-corrected chi connectivity index (χ3v) is 7.16. The maximum Gasteiger partial charge on any atom is 0.280 e. The van der Waals surface area contributed by atoms with Gasteiger partial charge in [-0.05, 0) is 70.7 Å². The Balaban J connectivity index is 1.26. The highest BCUT2D eigenvalue weighted by atomic mass is 32.1. The molecular weight excluding hydrogens is 464 g/mol. The fraction of sp³-hybridized carbons (Fsp3) is 0.308. The van der Waals surface area contributed by atoms with Crippen LogP contribution in [0, 0.1) is 20.8 Å². The number of benzene rings is 1. The molecule has 35 heavy (non-hydrogen) atoms. The van der Waals surface area contributed by atoms with Crippen molar-refractivity contribution in [2.45, 2.75) is 53.0 Å². The summed E-state index contributed by atoms with van der Waals surface area (Å²) in [6.45, 7) is 5.63. The van der Waals surface area contributed by atoms with Gasteiger partial charge < -0.3 is 19.5 Å². The van der Waals surface area contributed by atoms with Crippen molar-refractivity contribution >= 4 is 28.8 Å². The van der Waals surface area contributed by atoms with Crippen molar-refractivity contribution in [2.24, 2.45) is 0 Å². The predicted molar refractivity (Wildman–Crippen MR) is 133 cm³/mol. The largest absolute Gasteiger partial charge is 0.466 e. The minimum absolute atomic E-state index is 0.192. The third kappa shape index (κ3) is 4.90. The van der Waals surface area contributed by atoms with Crippen molar-refractivity contribution in [3.05, 3.63) is 74.4 Å². The number of nitrogens with one attached hydrogen (secondary N) is 2. The summed E-state index contributed by atoms with van der Waals surface area (Å²) in [7, 11) is 0. The monoisotopic (exact) mass is 490 g/mol. The number of aromatic nitrogens is 2. The summed E-state index contributed by atoms with van der Waals surface area (Å²) in [6, 6.07) is 9.00. The number of anilines is 1. The maximum absolute atomic E-state index is 12.6. The molecule has 3 aromatic heterocycles. The summed E-state index contributed by atoms with van der Waals surface area (Å²) in [5, 5.41) is 6.31. The van der Waals surface area contributed by atoms with Crippen LogP contribution in [0.1, 0.15) is 66.5 Å². The number of furan rings is 1. The number of carbonyl (C=O) groups excluding carboxylic acids is 2. The smallest absolute Gasteiger partial charge is 0.280 e. The molecule has 4 aromatic rings. The zero-order valence-corrected chi connectivity index (χ0v) is 20.7. The van der Waals surface area contributed by atoms with Crippen molar-refractivity contribution in [2.75, 3.05) is 5.32 Å². The van der Waals surface area contributed by atoms with E-state index in [1.165, 1.54) is 16.2 Å². The van der Waals surface area contributed by atoms with Crippen LogP contribution < -0.4 is 10.6 Å². The molecule has 3 heterocycles. The van der Waals surface area contributed by atoms with Crippen LogP contribution in [0.2, 0.25) is 0 Å². The highest BCUT2D eigenvalue weighted by molar-refractivity contribution is 7.13. The molecule has 0 atom stereocenters. The lowest BCUT2D eigenvalue weighted by molar-refractivity contribution is 0.0949. The first-order valence-electron chi connectivity index (χ1n) is 11.6. The van der Waals surface area contributed by atoms with Crippen LogP contribution in [0.3, 0.4) is 0 Å². The van der Waals surface area contributed by atoms with E-state index in [1.54, 1.807) is 32.0 Å². The van der Waals surface area contributed by atoms with Crippen LogP contribution in [0.4, 0.5) is 5.69 Å². The van der Waals surface area contributed by atoms with Crippen molar-refractivity contribution in [3.8, 4) is 11.5 Å². The van der Waals surface area contributed by atoms with Crippen molar-refractivity contribution in [3.63, 3.8) is 0 Å². The second-order valence-electron chi connectivity index (χ2n) is 8.66. The lowest BCUT2D eigenvalue weighted by atomic mass is 10.0. The maximum atomic E-state index is 12.6. The summed E-state index contributed by atoms with van der Waals surface area (Å²) in [6.07, 6.45) is 4.25. The van der Waals surface area contributed by atoms with Gasteiger partial charge in [0.15, 0.2) is 5.01 Å². The lowest BCUT2D eigenvalue weighted by Crippen LogP contribution is -2.23. The van der Waals surface area contributed by atoms with Crippen molar-refractivity contribution in [1.82, 2.24) is 15.3 Å². The quantitative estimate of drug-likeness (QED) is 0.376. The number of aryl methyl sites for hydroxylation is 5. The topological polar surface area (TPSA) is 110 Å². The van der Waals surface area contributed by atoms with E-state index in [2.05, 4.69) is 20.6 Å². The van der Waals surface area contributed by atoms with Crippen LogP contribution in [0.25, 0.3) is 11.5 Å². The number of oxazole rings is 1. The van der Waals surface area contributed by atoms with E-state index in [4.69, 9.17) is 8.83 Å². The lowest BCUT2D eigenvalue weighted by Gasteiger charge is -2.06. The standard InChI is InChI=1S/C26H26N4O4S/c1-14-11-19(15(2)33-14)23(31)28-18-8-6-7-17(12-18)25-29-21(16(3)34-25)13-27-24(32)26-30-20-9-4-5-10-22(20)35-26/h6-8,11-12H,4-5,9-10,13H2,1-3H3,(H,27,32)(H,28,31). The molecule has 180 valence electrons. The zero-order chi connectivity index (χ0) is 24.5. The van der Waals surface area contributed by atoms with Crippen LogP contribution in [-0.4, -0.2) is 21.8 Å². The Morgan fingerprint density at radius 2 is 1.83 bits per heavy atom. The zero-order valence-electron chi connectivity index (χ0n) is 19.9. The summed E-state index contributed by atoms with van der Waals surface area (Å²) >= 11 is 1.48. The van der Waals surface area contributed by atoms with Crippen LogP contribution in [0.5, 0.6) is 0 Å². The van der Waals surface area contributed by atoms with Gasteiger partial charge in [-0.15, -0.1) is 11.3 Å². The number of carbonyl (C=O) groups is 2. The molecular formula is C26H26N4O4S. The average Bonchev–Trinajstić information content (AvgIpc) is 3.53.